The summed E-state index contributed by atoms with van der Waals surface area (Å²) in [4.78, 5) is 24.9. The van der Waals surface area contributed by atoms with Crippen molar-refractivity contribution in [2.24, 2.45) is 0 Å². The molecule has 0 saturated carbocycles. The highest BCUT2D eigenvalue weighted by molar-refractivity contribution is 5.70. The molecule has 0 saturated heterocycles. The van der Waals surface area contributed by atoms with Gasteiger partial charge in [-0.2, -0.15) is 0 Å². The summed E-state index contributed by atoms with van der Waals surface area (Å²) >= 11 is 0. The third-order valence-electron chi connectivity index (χ3n) is 5.05. The van der Waals surface area contributed by atoms with Gasteiger partial charge in [0.1, 0.15) is 0 Å². The number of ether oxygens (including phenoxy) is 2. The molecule has 0 aromatic heterocycles. The Morgan fingerprint density at radius 2 is 0.963 bits per heavy atom. The molecule has 27 heavy (non-hydrogen) atoms. The van der Waals surface area contributed by atoms with Gasteiger partial charge in [-0.25, -0.2) is 0 Å². The lowest BCUT2D eigenvalue weighted by atomic mass is 10.1. The quantitative estimate of drug-likeness (QED) is 0.228. The van der Waals surface area contributed by atoms with Crippen molar-refractivity contribution in [1.29, 1.82) is 0 Å². The number of unbranched alkanes of at least 4 members (excludes halogenated alkanes) is 11. The first kappa shape index (κ1) is 25.9. The normalized spacial score (nSPS) is 11.0. The highest BCUT2D eigenvalue weighted by Crippen LogP contribution is 2.12. The molecule has 0 spiro atoms. The van der Waals surface area contributed by atoms with Crippen LogP contribution in [0.15, 0.2) is 0 Å². The Balaban J connectivity index is 3.69. The Hall–Kier alpha value is -1.10. The lowest BCUT2D eigenvalue weighted by molar-refractivity contribution is -0.141. The first-order valence-electron chi connectivity index (χ1n) is 11.0. The van der Waals surface area contributed by atoms with E-state index in [1.54, 1.807) is 0 Å². The van der Waals surface area contributed by atoms with E-state index in [-0.39, 0.29) is 11.9 Å². The highest BCUT2D eigenvalue weighted by Gasteiger charge is 2.10. The molecule has 0 aliphatic rings. The van der Waals surface area contributed by atoms with Gasteiger partial charge in [0.2, 0.25) is 0 Å². The molecule has 0 aromatic rings. The van der Waals surface area contributed by atoms with Crippen LogP contribution in [0.5, 0.6) is 0 Å². The molecule has 0 bridgehead atoms. The molecular weight excluding hydrogens is 342 g/mol. The maximum absolute atomic E-state index is 11.3. The Morgan fingerprint density at radius 3 is 1.33 bits per heavy atom. The van der Waals surface area contributed by atoms with Crippen LogP contribution in [0.3, 0.4) is 0 Å². The number of rotatable bonds is 19. The van der Waals surface area contributed by atoms with E-state index in [2.05, 4.69) is 11.8 Å². The molecule has 0 radical (unpaired) electrons. The molecule has 0 fully saturated rings. The molecular formula is C22H43NO4. The molecule has 0 amide bonds. The smallest absolute Gasteiger partial charge is 0.306 e. The SMILES string of the molecule is CCCCCCCCCCCCCCN(CCC(=O)OC)CCC(=O)OC. The second-order valence-corrected chi connectivity index (χ2v) is 7.38. The molecule has 5 heteroatoms. The summed E-state index contributed by atoms with van der Waals surface area (Å²) in [6.07, 6.45) is 16.7. The van der Waals surface area contributed by atoms with Gasteiger partial charge in [-0.15, -0.1) is 0 Å². The minimum atomic E-state index is -0.201. The first-order chi connectivity index (χ1) is 13.1. The number of carbonyl (C=O) groups excluding carboxylic acids is 2. The molecule has 0 aliphatic heterocycles. The van der Waals surface area contributed by atoms with Crippen LogP contribution in [0.1, 0.15) is 96.8 Å². The third-order valence-corrected chi connectivity index (χ3v) is 5.05. The fraction of sp³-hybridized carbons (Fsp3) is 0.909. The Bertz CT molecular complexity index is 340. The van der Waals surface area contributed by atoms with Crippen LogP contribution in [-0.2, 0) is 19.1 Å². The van der Waals surface area contributed by atoms with Crippen LogP contribution in [-0.4, -0.2) is 50.7 Å². The van der Waals surface area contributed by atoms with Crippen molar-refractivity contribution in [3.8, 4) is 0 Å². The van der Waals surface area contributed by atoms with Gasteiger partial charge in [-0.1, -0.05) is 77.6 Å². The number of hydrogen-bond donors (Lipinski definition) is 0. The number of hydrogen-bond acceptors (Lipinski definition) is 5. The molecule has 5 nitrogen and oxygen atoms in total. The topological polar surface area (TPSA) is 55.8 Å². The van der Waals surface area contributed by atoms with Gasteiger partial charge >= 0.3 is 11.9 Å². The van der Waals surface area contributed by atoms with Gasteiger partial charge in [-0.05, 0) is 13.0 Å². The van der Waals surface area contributed by atoms with E-state index in [0.29, 0.717) is 25.9 Å². The predicted molar refractivity (Wildman–Crippen MR) is 111 cm³/mol. The van der Waals surface area contributed by atoms with Crippen molar-refractivity contribution in [2.45, 2.75) is 96.8 Å². The second kappa shape index (κ2) is 19.7. The molecule has 0 N–H and O–H groups in total. The zero-order chi connectivity index (χ0) is 20.2. The van der Waals surface area contributed by atoms with Crippen molar-refractivity contribution in [2.75, 3.05) is 33.9 Å². The molecule has 160 valence electrons. The standard InChI is InChI=1S/C22H43NO4/c1-4-5-6-7-8-9-10-11-12-13-14-15-18-23(19-16-21(24)26-2)20-17-22(25)27-3/h4-20H2,1-3H3. The Labute approximate surface area is 167 Å². The van der Waals surface area contributed by atoms with Crippen LogP contribution >= 0.6 is 0 Å². The largest absolute Gasteiger partial charge is 0.469 e. The van der Waals surface area contributed by atoms with Crippen molar-refractivity contribution in [1.82, 2.24) is 4.90 Å². The lowest BCUT2D eigenvalue weighted by Crippen LogP contribution is -2.30. The molecule has 0 heterocycles. The highest BCUT2D eigenvalue weighted by atomic mass is 16.5. The van der Waals surface area contributed by atoms with E-state index in [4.69, 9.17) is 9.47 Å². The maximum Gasteiger partial charge on any atom is 0.306 e. The average Bonchev–Trinajstić information content (AvgIpc) is 2.69. The van der Waals surface area contributed by atoms with Crippen molar-refractivity contribution >= 4 is 11.9 Å². The van der Waals surface area contributed by atoms with E-state index >= 15 is 0 Å². The summed E-state index contributed by atoms with van der Waals surface area (Å²) in [5, 5.41) is 0. The number of esters is 2. The number of nitrogens with zero attached hydrogens (tertiary/aromatic N) is 1. The zero-order valence-corrected chi connectivity index (χ0v) is 18.1. The van der Waals surface area contributed by atoms with Gasteiger partial charge < -0.3 is 14.4 Å². The number of methoxy groups -OCH3 is 2. The van der Waals surface area contributed by atoms with Gasteiger partial charge in [0.15, 0.2) is 0 Å². The lowest BCUT2D eigenvalue weighted by Gasteiger charge is -2.21. The summed E-state index contributed by atoms with van der Waals surface area (Å²) in [7, 11) is 2.82. The summed E-state index contributed by atoms with van der Waals surface area (Å²) in [5.74, 6) is -0.402. The Morgan fingerprint density at radius 1 is 0.593 bits per heavy atom. The first-order valence-corrected chi connectivity index (χ1v) is 11.0. The molecule has 0 atom stereocenters. The second-order valence-electron chi connectivity index (χ2n) is 7.38. The van der Waals surface area contributed by atoms with Gasteiger partial charge in [-0.3, -0.25) is 9.59 Å². The summed E-state index contributed by atoms with van der Waals surface area (Å²) in [6.45, 7) is 4.46. The predicted octanol–water partition coefficient (Wildman–Crippen LogP) is 5.12. The van der Waals surface area contributed by atoms with E-state index in [1.165, 1.54) is 84.8 Å². The molecule has 0 unspecified atom stereocenters. The Kier molecular flexibility index (Phi) is 18.9. The minimum absolute atomic E-state index is 0.201. The maximum atomic E-state index is 11.3. The average molecular weight is 386 g/mol. The summed E-state index contributed by atoms with van der Waals surface area (Å²) < 4.78 is 9.41. The van der Waals surface area contributed by atoms with Crippen LogP contribution in [0.25, 0.3) is 0 Å². The molecule has 0 aromatic carbocycles. The zero-order valence-electron chi connectivity index (χ0n) is 18.1. The molecule has 0 aliphatic carbocycles. The van der Waals surface area contributed by atoms with Crippen LogP contribution in [0.2, 0.25) is 0 Å². The van der Waals surface area contributed by atoms with E-state index in [0.717, 1.165) is 13.0 Å². The minimum Gasteiger partial charge on any atom is -0.469 e. The van der Waals surface area contributed by atoms with Gasteiger partial charge in [0.05, 0.1) is 27.1 Å². The van der Waals surface area contributed by atoms with Crippen LogP contribution in [0.4, 0.5) is 0 Å². The van der Waals surface area contributed by atoms with Gasteiger partial charge in [0.25, 0.3) is 0 Å². The van der Waals surface area contributed by atoms with Gasteiger partial charge in [0, 0.05) is 13.1 Å². The van der Waals surface area contributed by atoms with Crippen LogP contribution < -0.4 is 0 Å². The number of carbonyl (C=O) groups is 2. The van der Waals surface area contributed by atoms with Crippen molar-refractivity contribution in [3.05, 3.63) is 0 Å². The van der Waals surface area contributed by atoms with Crippen molar-refractivity contribution in [3.63, 3.8) is 0 Å². The summed E-state index contributed by atoms with van der Waals surface area (Å²) in [5.41, 5.74) is 0. The fourth-order valence-electron chi connectivity index (χ4n) is 3.21. The van der Waals surface area contributed by atoms with Crippen LogP contribution in [0, 0.1) is 0 Å². The third kappa shape index (κ3) is 18.0. The van der Waals surface area contributed by atoms with E-state index < -0.39 is 0 Å². The van der Waals surface area contributed by atoms with Crippen molar-refractivity contribution < 1.29 is 19.1 Å². The monoisotopic (exact) mass is 385 g/mol. The molecule has 0 rings (SSSR count). The fourth-order valence-corrected chi connectivity index (χ4v) is 3.21. The van der Waals surface area contributed by atoms with E-state index in [1.807, 2.05) is 0 Å². The van der Waals surface area contributed by atoms with E-state index in [9.17, 15) is 9.59 Å². The summed E-state index contributed by atoms with van der Waals surface area (Å²) in [6, 6.07) is 0.